The van der Waals surface area contributed by atoms with E-state index in [-0.39, 0.29) is 12.6 Å². The number of aliphatic hydroxyl groups excluding tert-OH is 1. The highest BCUT2D eigenvalue weighted by Gasteiger charge is 2.01. The lowest BCUT2D eigenvalue weighted by atomic mass is 10.0. The monoisotopic (exact) mass is 328 g/mol. The van der Waals surface area contributed by atoms with E-state index >= 15 is 0 Å². The molecule has 0 aromatic carbocycles. The van der Waals surface area contributed by atoms with E-state index < -0.39 is 0 Å². The molecule has 0 unspecified atom stereocenters. The highest BCUT2D eigenvalue weighted by molar-refractivity contribution is 5.69. The standard InChI is InChI=1S/C20H40O3/c1-2-3-4-5-6-7-8-9-10-11-12-13-14-15-17-20(22)23-19-16-18-21/h21H,2-19H2,1H3. The molecule has 1 N–H and O–H groups in total. The zero-order chi connectivity index (χ0) is 17.0. The summed E-state index contributed by atoms with van der Waals surface area (Å²) in [4.78, 5) is 11.3. The summed E-state index contributed by atoms with van der Waals surface area (Å²) in [5.41, 5.74) is 0. The van der Waals surface area contributed by atoms with Gasteiger partial charge in [-0.2, -0.15) is 0 Å². The highest BCUT2D eigenvalue weighted by Crippen LogP contribution is 2.13. The molecule has 3 heteroatoms. The molecule has 0 aliphatic carbocycles. The smallest absolute Gasteiger partial charge is 0.305 e. The van der Waals surface area contributed by atoms with E-state index in [1.165, 1.54) is 77.0 Å². The van der Waals surface area contributed by atoms with Gasteiger partial charge in [-0.15, -0.1) is 0 Å². The maximum absolute atomic E-state index is 11.3. The summed E-state index contributed by atoms with van der Waals surface area (Å²) in [7, 11) is 0. The number of unbranched alkanes of at least 4 members (excludes halogenated alkanes) is 13. The zero-order valence-corrected chi connectivity index (χ0v) is 15.5. The second-order valence-electron chi connectivity index (χ2n) is 6.64. The van der Waals surface area contributed by atoms with Gasteiger partial charge in [-0.3, -0.25) is 4.79 Å². The van der Waals surface area contributed by atoms with Crippen molar-refractivity contribution in [2.24, 2.45) is 0 Å². The minimum absolute atomic E-state index is 0.0894. The Morgan fingerprint density at radius 3 is 1.57 bits per heavy atom. The van der Waals surface area contributed by atoms with Crippen LogP contribution in [0.2, 0.25) is 0 Å². The second-order valence-corrected chi connectivity index (χ2v) is 6.64. The number of aliphatic hydroxyl groups is 1. The van der Waals surface area contributed by atoms with Gasteiger partial charge >= 0.3 is 5.97 Å². The molecule has 0 heterocycles. The Morgan fingerprint density at radius 2 is 1.13 bits per heavy atom. The van der Waals surface area contributed by atoms with Crippen LogP contribution in [0.25, 0.3) is 0 Å². The van der Waals surface area contributed by atoms with Crippen LogP contribution in [0.5, 0.6) is 0 Å². The molecule has 0 atom stereocenters. The lowest BCUT2D eigenvalue weighted by Crippen LogP contribution is -2.06. The third-order valence-electron chi connectivity index (χ3n) is 4.30. The summed E-state index contributed by atoms with van der Waals surface area (Å²) >= 11 is 0. The van der Waals surface area contributed by atoms with E-state index in [0.717, 1.165) is 12.8 Å². The molecular formula is C20H40O3. The van der Waals surface area contributed by atoms with Gasteiger partial charge in [0.25, 0.3) is 0 Å². The number of carbonyl (C=O) groups excluding carboxylic acids is 1. The van der Waals surface area contributed by atoms with Gasteiger partial charge < -0.3 is 9.84 Å². The number of hydrogen-bond donors (Lipinski definition) is 1. The minimum Gasteiger partial charge on any atom is -0.466 e. The summed E-state index contributed by atoms with van der Waals surface area (Å²) in [5, 5.41) is 8.60. The molecule has 3 nitrogen and oxygen atoms in total. The van der Waals surface area contributed by atoms with Gasteiger partial charge in [-0.25, -0.2) is 0 Å². The number of ether oxygens (including phenoxy) is 1. The Labute approximate surface area is 144 Å². The fraction of sp³-hybridized carbons (Fsp3) is 0.950. The average molecular weight is 329 g/mol. The van der Waals surface area contributed by atoms with Gasteiger partial charge in [0.05, 0.1) is 6.61 Å². The van der Waals surface area contributed by atoms with Crippen molar-refractivity contribution in [2.75, 3.05) is 13.2 Å². The summed E-state index contributed by atoms with van der Waals surface area (Å²) < 4.78 is 5.00. The Morgan fingerprint density at radius 1 is 0.696 bits per heavy atom. The largest absolute Gasteiger partial charge is 0.466 e. The summed E-state index contributed by atoms with van der Waals surface area (Å²) in [5.74, 6) is -0.114. The van der Waals surface area contributed by atoms with Crippen molar-refractivity contribution < 1.29 is 14.6 Å². The van der Waals surface area contributed by atoms with Crippen LogP contribution in [-0.2, 0) is 9.53 Å². The Hall–Kier alpha value is -0.570. The van der Waals surface area contributed by atoms with E-state index in [1.807, 2.05) is 0 Å². The number of hydrogen-bond acceptors (Lipinski definition) is 3. The van der Waals surface area contributed by atoms with Crippen molar-refractivity contribution in [3.8, 4) is 0 Å². The topological polar surface area (TPSA) is 46.5 Å². The number of esters is 1. The van der Waals surface area contributed by atoms with E-state index in [1.54, 1.807) is 0 Å². The molecule has 23 heavy (non-hydrogen) atoms. The maximum Gasteiger partial charge on any atom is 0.305 e. The summed E-state index contributed by atoms with van der Waals surface area (Å²) in [6.07, 6.45) is 19.6. The van der Waals surface area contributed by atoms with Gasteiger partial charge in [0.2, 0.25) is 0 Å². The predicted octanol–water partition coefficient (Wildman–Crippen LogP) is 5.78. The summed E-state index contributed by atoms with van der Waals surface area (Å²) in [6, 6.07) is 0. The molecule has 0 saturated heterocycles. The van der Waals surface area contributed by atoms with Crippen LogP contribution in [0.4, 0.5) is 0 Å². The molecule has 0 rings (SSSR count). The van der Waals surface area contributed by atoms with Crippen molar-refractivity contribution in [3.05, 3.63) is 0 Å². The van der Waals surface area contributed by atoms with Gasteiger partial charge in [0, 0.05) is 19.4 Å². The lowest BCUT2D eigenvalue weighted by molar-refractivity contribution is -0.144. The molecule has 0 saturated carbocycles. The van der Waals surface area contributed by atoms with E-state index in [2.05, 4.69) is 6.92 Å². The van der Waals surface area contributed by atoms with Crippen molar-refractivity contribution in [1.29, 1.82) is 0 Å². The van der Waals surface area contributed by atoms with Crippen LogP contribution in [0, 0.1) is 0 Å². The normalized spacial score (nSPS) is 10.9. The molecule has 0 spiro atoms. The van der Waals surface area contributed by atoms with Crippen LogP contribution in [0.15, 0.2) is 0 Å². The Bertz CT molecular complexity index is 241. The molecule has 0 amide bonds. The van der Waals surface area contributed by atoms with Gasteiger partial charge in [-0.05, 0) is 6.42 Å². The van der Waals surface area contributed by atoms with Crippen molar-refractivity contribution in [2.45, 2.75) is 110 Å². The van der Waals surface area contributed by atoms with Crippen LogP contribution < -0.4 is 0 Å². The van der Waals surface area contributed by atoms with E-state index in [9.17, 15) is 4.79 Å². The maximum atomic E-state index is 11.3. The van der Waals surface area contributed by atoms with Crippen LogP contribution >= 0.6 is 0 Å². The first-order chi connectivity index (χ1) is 11.3. The molecule has 0 bridgehead atoms. The molecule has 0 fully saturated rings. The first-order valence-corrected chi connectivity index (χ1v) is 10.1. The van der Waals surface area contributed by atoms with Gasteiger partial charge in [-0.1, -0.05) is 90.4 Å². The average Bonchev–Trinajstić information content (AvgIpc) is 2.55. The van der Waals surface area contributed by atoms with Crippen LogP contribution in [-0.4, -0.2) is 24.3 Å². The molecular weight excluding hydrogens is 288 g/mol. The van der Waals surface area contributed by atoms with Crippen LogP contribution in [0.1, 0.15) is 110 Å². The number of carbonyl (C=O) groups is 1. The van der Waals surface area contributed by atoms with Crippen molar-refractivity contribution >= 4 is 5.97 Å². The number of rotatable bonds is 18. The van der Waals surface area contributed by atoms with Crippen molar-refractivity contribution in [3.63, 3.8) is 0 Å². The second kappa shape index (κ2) is 19.5. The molecule has 0 radical (unpaired) electrons. The van der Waals surface area contributed by atoms with Gasteiger partial charge in [0.1, 0.15) is 0 Å². The van der Waals surface area contributed by atoms with Gasteiger partial charge in [0.15, 0.2) is 0 Å². The van der Waals surface area contributed by atoms with Crippen LogP contribution in [0.3, 0.4) is 0 Å². The van der Waals surface area contributed by atoms with E-state index in [4.69, 9.17) is 9.84 Å². The fourth-order valence-electron chi connectivity index (χ4n) is 2.79. The summed E-state index contributed by atoms with van der Waals surface area (Å²) in [6.45, 7) is 2.71. The first-order valence-electron chi connectivity index (χ1n) is 10.1. The highest BCUT2D eigenvalue weighted by atomic mass is 16.5. The molecule has 0 aliphatic heterocycles. The Kier molecular flexibility index (Phi) is 19.0. The van der Waals surface area contributed by atoms with E-state index in [0.29, 0.717) is 19.4 Å². The molecule has 0 aromatic rings. The minimum atomic E-state index is -0.114. The first kappa shape index (κ1) is 22.4. The third-order valence-corrected chi connectivity index (χ3v) is 4.30. The molecule has 138 valence electrons. The zero-order valence-electron chi connectivity index (χ0n) is 15.5. The molecule has 0 aromatic heterocycles. The third kappa shape index (κ3) is 19.4. The van der Waals surface area contributed by atoms with Crippen molar-refractivity contribution in [1.82, 2.24) is 0 Å². The Balaban J connectivity index is 3.06. The SMILES string of the molecule is CCCCCCCCCCCCCCCCC(=O)OCCCO. The predicted molar refractivity (Wildman–Crippen MR) is 97.6 cm³/mol. The quantitative estimate of drug-likeness (QED) is 0.256. The fourth-order valence-corrected chi connectivity index (χ4v) is 2.79. The molecule has 0 aliphatic rings. The lowest BCUT2D eigenvalue weighted by Gasteiger charge is -2.04.